The minimum absolute atomic E-state index is 0.0203. The van der Waals surface area contributed by atoms with E-state index >= 15 is 0 Å². The number of benzene rings is 2. The van der Waals surface area contributed by atoms with E-state index < -0.39 is 17.7 Å². The summed E-state index contributed by atoms with van der Waals surface area (Å²) in [5.41, 5.74) is 3.90. The van der Waals surface area contributed by atoms with Gasteiger partial charge in [0.25, 0.3) is 11.7 Å². The van der Waals surface area contributed by atoms with Gasteiger partial charge in [-0.3, -0.25) is 14.5 Å². The lowest BCUT2D eigenvalue weighted by Crippen LogP contribution is -2.30. The lowest BCUT2D eigenvalue weighted by molar-refractivity contribution is -0.132. The fourth-order valence-corrected chi connectivity index (χ4v) is 4.59. The van der Waals surface area contributed by atoms with E-state index in [0.29, 0.717) is 29.4 Å². The number of anilines is 1. The Morgan fingerprint density at radius 1 is 1.03 bits per heavy atom. The van der Waals surface area contributed by atoms with Gasteiger partial charge in [0.1, 0.15) is 29.1 Å². The van der Waals surface area contributed by atoms with Crippen molar-refractivity contribution in [2.75, 3.05) is 11.5 Å². The number of rotatable bonds is 3. The molecule has 1 amide bonds. The Morgan fingerprint density at radius 2 is 1.85 bits per heavy atom. The molecule has 5 rings (SSSR count). The van der Waals surface area contributed by atoms with Gasteiger partial charge in [0.05, 0.1) is 12.2 Å². The van der Waals surface area contributed by atoms with Crippen LogP contribution in [0.15, 0.2) is 58.5 Å². The van der Waals surface area contributed by atoms with Crippen molar-refractivity contribution in [3.05, 3.63) is 87.9 Å². The summed E-state index contributed by atoms with van der Waals surface area (Å²) in [7, 11) is 0. The summed E-state index contributed by atoms with van der Waals surface area (Å²) in [6.45, 7) is 6.29. The van der Waals surface area contributed by atoms with Crippen molar-refractivity contribution in [3.63, 3.8) is 0 Å². The van der Waals surface area contributed by atoms with Gasteiger partial charge in [-0.1, -0.05) is 12.1 Å². The lowest BCUT2D eigenvalue weighted by atomic mass is 9.96. The largest absolute Gasteiger partial charge is 0.507 e. The van der Waals surface area contributed by atoms with Gasteiger partial charge in [-0.2, -0.15) is 0 Å². The maximum absolute atomic E-state index is 13.3. The molecule has 3 aromatic rings. The second kappa shape index (κ2) is 7.96. The molecule has 6 heteroatoms. The molecule has 0 aliphatic carbocycles. The van der Waals surface area contributed by atoms with Crippen molar-refractivity contribution < 1.29 is 23.8 Å². The quantitative estimate of drug-likeness (QED) is 0.344. The molecule has 1 atom stereocenters. The van der Waals surface area contributed by atoms with E-state index in [-0.39, 0.29) is 11.3 Å². The molecule has 168 valence electrons. The number of fused-ring (bicyclic) bond motifs is 1. The summed E-state index contributed by atoms with van der Waals surface area (Å²) >= 11 is 0. The smallest absolute Gasteiger partial charge is 0.300 e. The Morgan fingerprint density at radius 3 is 2.61 bits per heavy atom. The van der Waals surface area contributed by atoms with Crippen LogP contribution in [0.3, 0.4) is 0 Å². The van der Waals surface area contributed by atoms with Gasteiger partial charge in [-0.25, -0.2) is 0 Å². The minimum Gasteiger partial charge on any atom is -0.507 e. The molecule has 0 radical (unpaired) electrons. The number of nitrogens with zero attached hydrogens (tertiary/aromatic N) is 1. The van der Waals surface area contributed by atoms with Crippen LogP contribution in [0.1, 0.15) is 46.2 Å². The zero-order valence-corrected chi connectivity index (χ0v) is 18.8. The van der Waals surface area contributed by atoms with Crippen molar-refractivity contribution >= 4 is 23.1 Å². The van der Waals surface area contributed by atoms with E-state index in [9.17, 15) is 14.7 Å². The van der Waals surface area contributed by atoms with Gasteiger partial charge in [-0.15, -0.1) is 0 Å². The predicted molar refractivity (Wildman–Crippen MR) is 124 cm³/mol. The summed E-state index contributed by atoms with van der Waals surface area (Å²) in [5, 5.41) is 11.3. The van der Waals surface area contributed by atoms with Crippen LogP contribution in [-0.4, -0.2) is 23.4 Å². The van der Waals surface area contributed by atoms with Crippen LogP contribution >= 0.6 is 0 Å². The Hall–Kier alpha value is -3.80. The summed E-state index contributed by atoms with van der Waals surface area (Å²) in [4.78, 5) is 28.1. The number of aliphatic hydroxyl groups excluding tert-OH is 1. The summed E-state index contributed by atoms with van der Waals surface area (Å²) < 4.78 is 11.6. The number of hydrogen-bond donors (Lipinski definition) is 1. The Balaban J connectivity index is 1.71. The van der Waals surface area contributed by atoms with E-state index in [2.05, 4.69) is 0 Å². The molecule has 0 saturated carbocycles. The lowest BCUT2D eigenvalue weighted by Gasteiger charge is -2.25. The zero-order valence-electron chi connectivity index (χ0n) is 18.8. The molecule has 2 aromatic carbocycles. The Bertz CT molecular complexity index is 1320. The van der Waals surface area contributed by atoms with Crippen LogP contribution in [0.2, 0.25) is 0 Å². The van der Waals surface area contributed by atoms with E-state index in [0.717, 1.165) is 35.3 Å². The second-order valence-electron chi connectivity index (χ2n) is 8.68. The van der Waals surface area contributed by atoms with Crippen LogP contribution in [-0.2, 0) is 16.0 Å². The maximum Gasteiger partial charge on any atom is 0.300 e. The van der Waals surface area contributed by atoms with Gasteiger partial charge >= 0.3 is 0 Å². The number of aryl methyl sites for hydroxylation is 4. The number of Topliss-reactive ketones (excluding diaryl/α,β-unsaturated/α-hetero) is 1. The predicted octanol–water partition coefficient (Wildman–Crippen LogP) is 5.16. The van der Waals surface area contributed by atoms with Crippen LogP contribution in [0, 0.1) is 20.8 Å². The minimum atomic E-state index is -0.869. The maximum atomic E-state index is 13.3. The number of amides is 1. The molecular weight excluding hydrogens is 418 g/mol. The van der Waals surface area contributed by atoms with Gasteiger partial charge in [0.15, 0.2) is 0 Å². The fourth-order valence-electron chi connectivity index (χ4n) is 4.59. The molecule has 1 saturated heterocycles. The van der Waals surface area contributed by atoms with Gasteiger partial charge < -0.3 is 14.3 Å². The third kappa shape index (κ3) is 3.52. The zero-order chi connectivity index (χ0) is 23.3. The number of furan rings is 1. The second-order valence-corrected chi connectivity index (χ2v) is 8.68. The molecule has 1 fully saturated rings. The van der Waals surface area contributed by atoms with E-state index in [4.69, 9.17) is 9.15 Å². The van der Waals surface area contributed by atoms with Crippen LogP contribution < -0.4 is 9.64 Å². The number of aliphatic hydroxyl groups is 1. The highest BCUT2D eigenvalue weighted by molar-refractivity contribution is 6.51. The number of ether oxygens (including phenoxy) is 1. The van der Waals surface area contributed by atoms with Crippen LogP contribution in [0.4, 0.5) is 5.69 Å². The number of carbonyl (C=O) groups excluding carboxylic acids is 2. The first-order chi connectivity index (χ1) is 15.8. The first kappa shape index (κ1) is 21.1. The molecule has 3 heterocycles. The molecule has 1 unspecified atom stereocenters. The summed E-state index contributed by atoms with van der Waals surface area (Å²) in [5.74, 6) is 0.227. The molecule has 2 aliphatic heterocycles. The number of carbonyl (C=O) groups is 2. The third-order valence-electron chi connectivity index (χ3n) is 6.28. The van der Waals surface area contributed by atoms with Gasteiger partial charge in [0, 0.05) is 11.3 Å². The summed E-state index contributed by atoms with van der Waals surface area (Å²) in [6, 6.07) is 13.8. The average molecular weight is 443 g/mol. The highest BCUT2D eigenvalue weighted by Gasteiger charge is 2.48. The standard InChI is InChI=1S/C27H25NO5/c1-15-6-7-16(2)20(13-15)28-24(22-10-8-17(3)33-22)23(26(30)27(28)31)25(29)19-9-11-21-18(14-19)5-4-12-32-21/h6-11,13-14,24,29H,4-5,12H2,1-3H3/b25-23-. The Labute approximate surface area is 192 Å². The summed E-state index contributed by atoms with van der Waals surface area (Å²) in [6.07, 6.45) is 1.72. The highest BCUT2D eigenvalue weighted by Crippen LogP contribution is 2.44. The van der Waals surface area contributed by atoms with Crippen molar-refractivity contribution in [1.29, 1.82) is 0 Å². The Kier molecular flexibility index (Phi) is 5.08. The van der Waals surface area contributed by atoms with Crippen molar-refractivity contribution in [1.82, 2.24) is 0 Å². The van der Waals surface area contributed by atoms with Crippen molar-refractivity contribution in [2.24, 2.45) is 0 Å². The molecular formula is C27H25NO5. The fraction of sp³-hybridized carbons (Fsp3) is 0.259. The van der Waals surface area contributed by atoms with Gasteiger partial charge in [-0.05, 0) is 86.7 Å². The molecule has 0 spiro atoms. The molecule has 1 N–H and O–H groups in total. The SMILES string of the molecule is Cc1ccc(C)c(N2C(=O)C(=O)/C(=C(\O)c3ccc4c(c3)CCCO4)C2c2ccc(C)o2)c1. The first-order valence-corrected chi connectivity index (χ1v) is 11.1. The third-order valence-corrected chi connectivity index (χ3v) is 6.28. The van der Waals surface area contributed by atoms with E-state index in [1.165, 1.54) is 4.90 Å². The number of ketones is 1. The van der Waals surface area contributed by atoms with E-state index in [1.54, 1.807) is 31.2 Å². The normalized spacial score (nSPS) is 19.5. The highest BCUT2D eigenvalue weighted by atomic mass is 16.5. The van der Waals surface area contributed by atoms with Crippen LogP contribution in [0.25, 0.3) is 5.76 Å². The molecule has 6 nitrogen and oxygen atoms in total. The van der Waals surface area contributed by atoms with Crippen molar-refractivity contribution in [2.45, 2.75) is 39.7 Å². The molecule has 1 aromatic heterocycles. The van der Waals surface area contributed by atoms with Crippen LogP contribution in [0.5, 0.6) is 5.75 Å². The molecule has 33 heavy (non-hydrogen) atoms. The van der Waals surface area contributed by atoms with E-state index in [1.807, 2.05) is 38.1 Å². The van der Waals surface area contributed by atoms with Gasteiger partial charge in [0.2, 0.25) is 0 Å². The average Bonchev–Trinajstić information content (AvgIpc) is 3.35. The van der Waals surface area contributed by atoms with Crippen molar-refractivity contribution in [3.8, 4) is 5.75 Å². The monoisotopic (exact) mass is 443 g/mol. The first-order valence-electron chi connectivity index (χ1n) is 11.1. The molecule has 2 aliphatic rings. The topological polar surface area (TPSA) is 80.0 Å². The molecule has 0 bridgehead atoms. The number of hydrogen-bond acceptors (Lipinski definition) is 5.